The molecule has 4 rings (SSSR count). The number of carboxylic acid groups (broad SMARTS) is 1. The van der Waals surface area contributed by atoms with Crippen LogP contribution in [0.4, 0.5) is 0 Å². The summed E-state index contributed by atoms with van der Waals surface area (Å²) in [5.74, 6) is -3.54. The highest BCUT2D eigenvalue weighted by molar-refractivity contribution is 5.82. The molecule has 0 spiro atoms. The number of carbonyl (C=O) groups is 2. The molecule has 0 amide bonds. The summed E-state index contributed by atoms with van der Waals surface area (Å²) in [6.45, 7) is 4.29. The minimum Gasteiger partial charge on any atom is -0.481 e. The molecule has 4 fully saturated rings. The number of carbonyl (C=O) groups excluding carboxylic acids is 1. The molecule has 0 bridgehead atoms. The van der Waals surface area contributed by atoms with Gasteiger partial charge >= 0.3 is 11.9 Å². The molecular formula is C31H50N2O12. The highest BCUT2D eigenvalue weighted by Gasteiger charge is 2.50. The molecule has 12 atom stereocenters. The second-order valence-electron chi connectivity index (χ2n) is 14.2. The molecule has 0 aromatic carbocycles. The van der Waals surface area contributed by atoms with Crippen molar-refractivity contribution in [3.63, 3.8) is 0 Å². The predicted octanol–water partition coefficient (Wildman–Crippen LogP) is 5.17. The number of hydrogen-bond donors (Lipinski definition) is 2. The molecule has 0 aliphatic heterocycles. The first-order chi connectivity index (χ1) is 21.5. The SMILES string of the molecule is CC1CC(CC2CCC(OC(=O)C3C(C(=O)O)CCCC3[N+](=O)[O-])C(C)C2)CCC1OOCC1C(COO)CCCC1[N+](=O)[O-]. The Morgan fingerprint density at radius 3 is 1.98 bits per heavy atom. The zero-order chi connectivity index (χ0) is 32.7. The van der Waals surface area contributed by atoms with Crippen molar-refractivity contribution < 1.29 is 49.2 Å². The van der Waals surface area contributed by atoms with Crippen LogP contribution in [0.15, 0.2) is 0 Å². The van der Waals surface area contributed by atoms with E-state index >= 15 is 0 Å². The van der Waals surface area contributed by atoms with Crippen molar-refractivity contribution >= 4 is 11.9 Å². The Morgan fingerprint density at radius 2 is 1.40 bits per heavy atom. The van der Waals surface area contributed by atoms with Crippen molar-refractivity contribution in [2.45, 2.75) is 122 Å². The topological polar surface area (TPSA) is 198 Å². The fraction of sp³-hybridized carbons (Fsp3) is 0.935. The number of carboxylic acids is 1. The Balaban J connectivity index is 1.21. The van der Waals surface area contributed by atoms with E-state index in [4.69, 9.17) is 19.8 Å². The first-order valence-corrected chi connectivity index (χ1v) is 16.7. The van der Waals surface area contributed by atoms with Gasteiger partial charge < -0.3 is 9.84 Å². The van der Waals surface area contributed by atoms with Crippen LogP contribution in [0.25, 0.3) is 0 Å². The van der Waals surface area contributed by atoms with Crippen LogP contribution in [0, 0.1) is 67.6 Å². The van der Waals surface area contributed by atoms with Gasteiger partial charge in [0.15, 0.2) is 0 Å². The van der Waals surface area contributed by atoms with Crippen molar-refractivity contribution in [3.8, 4) is 0 Å². The highest BCUT2D eigenvalue weighted by Crippen LogP contribution is 2.42. The Kier molecular flexibility index (Phi) is 12.9. The maximum atomic E-state index is 13.1. The van der Waals surface area contributed by atoms with Crippen LogP contribution in [0.1, 0.15) is 97.3 Å². The quantitative estimate of drug-likeness (QED) is 0.116. The summed E-state index contributed by atoms with van der Waals surface area (Å²) >= 11 is 0. The average molecular weight is 643 g/mol. The van der Waals surface area contributed by atoms with E-state index in [1.54, 1.807) is 0 Å². The molecule has 0 radical (unpaired) electrons. The summed E-state index contributed by atoms with van der Waals surface area (Å²) in [5, 5.41) is 41.7. The van der Waals surface area contributed by atoms with Crippen LogP contribution >= 0.6 is 0 Å². The molecule has 256 valence electrons. The van der Waals surface area contributed by atoms with E-state index in [-0.39, 0.29) is 66.9 Å². The Morgan fingerprint density at radius 1 is 0.800 bits per heavy atom. The first kappa shape index (κ1) is 35.4. The van der Waals surface area contributed by atoms with Gasteiger partial charge in [-0.05, 0) is 100 Å². The first-order valence-electron chi connectivity index (χ1n) is 16.7. The molecule has 4 aliphatic carbocycles. The maximum absolute atomic E-state index is 13.1. The Hall–Kier alpha value is -2.42. The standard InChI is InChI=1S/C31H50N2O12/c1-18-13-20(9-11-27(18)44-31(36)29-23(30(34)35)6-4-8-26(29)33(39)40)15-21-10-12-28(19(2)14-21)45-43-17-24-22(16-42-41)5-3-7-25(24)32(37)38/h18-29,41H,3-17H2,1-2H3,(H,34,35). The van der Waals surface area contributed by atoms with E-state index in [1.807, 2.05) is 6.92 Å². The monoisotopic (exact) mass is 642 g/mol. The second kappa shape index (κ2) is 16.4. The number of hydrogen-bond acceptors (Lipinski definition) is 11. The number of nitrogens with zero attached hydrogens (tertiary/aromatic N) is 2. The summed E-state index contributed by atoms with van der Waals surface area (Å²) in [6.07, 6.45) is 8.48. The third kappa shape index (κ3) is 9.11. The van der Waals surface area contributed by atoms with Crippen molar-refractivity contribution in [2.24, 2.45) is 47.3 Å². The largest absolute Gasteiger partial charge is 0.481 e. The van der Waals surface area contributed by atoms with Crippen molar-refractivity contribution in [2.75, 3.05) is 13.2 Å². The summed E-state index contributed by atoms with van der Waals surface area (Å²) in [5.41, 5.74) is 0. The second-order valence-corrected chi connectivity index (χ2v) is 14.2. The van der Waals surface area contributed by atoms with Gasteiger partial charge in [0, 0.05) is 22.7 Å². The zero-order valence-electron chi connectivity index (χ0n) is 26.4. The van der Waals surface area contributed by atoms with Crippen LogP contribution < -0.4 is 0 Å². The molecule has 45 heavy (non-hydrogen) atoms. The minimum absolute atomic E-state index is 0.0383. The summed E-state index contributed by atoms with van der Waals surface area (Å²) in [4.78, 5) is 63.0. The number of esters is 1. The fourth-order valence-electron chi connectivity index (χ4n) is 8.76. The van der Waals surface area contributed by atoms with Gasteiger partial charge in [0.1, 0.15) is 12.0 Å². The normalized spacial score (nSPS) is 39.1. The van der Waals surface area contributed by atoms with Crippen LogP contribution in [-0.4, -0.2) is 69.7 Å². The fourth-order valence-corrected chi connectivity index (χ4v) is 8.76. The predicted molar refractivity (Wildman–Crippen MR) is 158 cm³/mol. The minimum atomic E-state index is -1.26. The van der Waals surface area contributed by atoms with Crippen molar-refractivity contribution in [3.05, 3.63) is 20.2 Å². The van der Waals surface area contributed by atoms with E-state index in [2.05, 4.69) is 11.8 Å². The smallest absolute Gasteiger partial charge is 0.317 e. The molecule has 4 saturated carbocycles. The lowest BCUT2D eigenvalue weighted by Crippen LogP contribution is -2.47. The summed E-state index contributed by atoms with van der Waals surface area (Å²) in [7, 11) is 0. The number of rotatable bonds is 13. The van der Waals surface area contributed by atoms with Crippen LogP contribution in [0.2, 0.25) is 0 Å². The molecule has 14 heteroatoms. The molecule has 12 unspecified atom stereocenters. The van der Waals surface area contributed by atoms with Crippen LogP contribution in [0.5, 0.6) is 0 Å². The van der Waals surface area contributed by atoms with Crippen LogP contribution in [0.3, 0.4) is 0 Å². The summed E-state index contributed by atoms with van der Waals surface area (Å²) < 4.78 is 5.80. The lowest BCUT2D eigenvalue weighted by molar-refractivity contribution is -0.542. The number of aliphatic carboxylic acids is 1. The molecule has 0 saturated heterocycles. The van der Waals surface area contributed by atoms with E-state index in [9.17, 15) is 34.9 Å². The molecule has 4 aliphatic rings. The third-order valence-electron chi connectivity index (χ3n) is 11.2. The van der Waals surface area contributed by atoms with Crippen molar-refractivity contribution in [1.82, 2.24) is 0 Å². The van der Waals surface area contributed by atoms with Gasteiger partial charge in [0.2, 0.25) is 12.1 Å². The van der Waals surface area contributed by atoms with E-state index in [0.717, 1.165) is 44.9 Å². The lowest BCUT2D eigenvalue weighted by Gasteiger charge is -2.39. The van der Waals surface area contributed by atoms with Gasteiger partial charge in [-0.15, -0.1) is 0 Å². The van der Waals surface area contributed by atoms with Gasteiger partial charge in [0.05, 0.1) is 31.2 Å². The molecule has 14 nitrogen and oxygen atoms in total. The average Bonchev–Trinajstić information content (AvgIpc) is 2.99. The third-order valence-corrected chi connectivity index (χ3v) is 11.2. The van der Waals surface area contributed by atoms with E-state index < -0.39 is 40.8 Å². The molecular weight excluding hydrogens is 592 g/mol. The number of nitro groups is 2. The van der Waals surface area contributed by atoms with Gasteiger partial charge in [-0.2, -0.15) is 0 Å². The number of ether oxygens (including phenoxy) is 1. The van der Waals surface area contributed by atoms with E-state index in [0.29, 0.717) is 37.5 Å². The van der Waals surface area contributed by atoms with Gasteiger partial charge in [-0.25, -0.2) is 14.7 Å². The molecule has 0 heterocycles. The van der Waals surface area contributed by atoms with Gasteiger partial charge in [-0.1, -0.05) is 13.8 Å². The zero-order valence-corrected chi connectivity index (χ0v) is 26.4. The Labute approximate surface area is 263 Å². The Bertz CT molecular complexity index is 1000. The van der Waals surface area contributed by atoms with Crippen molar-refractivity contribution in [1.29, 1.82) is 0 Å². The van der Waals surface area contributed by atoms with Gasteiger partial charge in [0.25, 0.3) is 0 Å². The maximum Gasteiger partial charge on any atom is 0.317 e. The summed E-state index contributed by atoms with van der Waals surface area (Å²) in [6, 6.07) is -1.97. The van der Waals surface area contributed by atoms with Gasteiger partial charge in [-0.3, -0.25) is 35.1 Å². The molecule has 0 aromatic rings. The highest BCUT2D eigenvalue weighted by atomic mass is 17.2. The molecule has 0 aromatic heterocycles. The van der Waals surface area contributed by atoms with E-state index in [1.165, 1.54) is 0 Å². The van der Waals surface area contributed by atoms with Crippen LogP contribution in [-0.2, 0) is 29.0 Å². The molecule has 2 N–H and O–H groups in total. The lowest BCUT2D eigenvalue weighted by atomic mass is 9.71.